The van der Waals surface area contributed by atoms with E-state index < -0.39 is 5.97 Å². The van der Waals surface area contributed by atoms with Crippen molar-refractivity contribution < 1.29 is 19.4 Å². The van der Waals surface area contributed by atoms with Crippen LogP contribution in [-0.4, -0.2) is 36.7 Å². The average molecular weight is 263 g/mol. The first-order valence-electron chi connectivity index (χ1n) is 6.03. The number of nitrogens with zero attached hydrogens (tertiary/aromatic N) is 1. The van der Waals surface area contributed by atoms with E-state index in [-0.39, 0.29) is 0 Å². The second-order valence-corrected chi connectivity index (χ2v) is 4.35. The molecule has 0 atom stereocenters. The molecule has 0 bridgehead atoms. The van der Waals surface area contributed by atoms with Crippen molar-refractivity contribution in [2.75, 3.05) is 20.8 Å². The number of aliphatic carboxylic acids is 1. The minimum atomic E-state index is -0.932. The van der Waals surface area contributed by atoms with Crippen LogP contribution >= 0.6 is 0 Å². The van der Waals surface area contributed by atoms with E-state index in [2.05, 4.69) is 0 Å². The number of hydrogen-bond acceptors (Lipinski definition) is 4. The number of ether oxygens (including phenoxy) is 2. The monoisotopic (exact) mass is 263 g/mol. The number of carbonyl (C=O) groups is 1. The molecule has 1 aliphatic heterocycles. The maximum absolute atomic E-state index is 10.5. The standard InChI is InChI=1S/C14H17NO4/c1-18-12-7-10-3-5-15(6-4-14(16)17)9-11(10)8-13(12)19-2/h4,6-8H,3,5,9H2,1-2H3,(H,16,17). The lowest BCUT2D eigenvalue weighted by molar-refractivity contribution is -0.131. The van der Waals surface area contributed by atoms with Crippen molar-refractivity contribution >= 4 is 5.97 Å². The molecule has 1 heterocycles. The fourth-order valence-corrected chi connectivity index (χ4v) is 2.20. The summed E-state index contributed by atoms with van der Waals surface area (Å²) in [6.07, 6.45) is 3.63. The molecule has 0 spiro atoms. The Hall–Kier alpha value is -2.17. The molecule has 0 fully saturated rings. The van der Waals surface area contributed by atoms with Gasteiger partial charge in [0.25, 0.3) is 0 Å². The van der Waals surface area contributed by atoms with Gasteiger partial charge in [0.15, 0.2) is 11.5 Å². The van der Waals surface area contributed by atoms with Gasteiger partial charge in [0, 0.05) is 25.4 Å². The Labute approximate surface area is 112 Å². The van der Waals surface area contributed by atoms with Crippen LogP contribution in [0.2, 0.25) is 0 Å². The lowest BCUT2D eigenvalue weighted by Crippen LogP contribution is -2.26. The zero-order valence-corrected chi connectivity index (χ0v) is 11.0. The second-order valence-electron chi connectivity index (χ2n) is 4.35. The Morgan fingerprint density at radius 3 is 2.47 bits per heavy atom. The van der Waals surface area contributed by atoms with Gasteiger partial charge in [-0.2, -0.15) is 0 Å². The van der Waals surface area contributed by atoms with Crippen molar-refractivity contribution in [1.29, 1.82) is 0 Å². The molecule has 1 N–H and O–H groups in total. The molecule has 0 saturated carbocycles. The van der Waals surface area contributed by atoms with Crippen LogP contribution in [0, 0.1) is 0 Å². The Bertz CT molecular complexity index is 510. The Morgan fingerprint density at radius 1 is 1.26 bits per heavy atom. The number of fused-ring (bicyclic) bond motifs is 1. The van der Waals surface area contributed by atoms with Gasteiger partial charge in [-0.15, -0.1) is 0 Å². The largest absolute Gasteiger partial charge is 0.493 e. The summed E-state index contributed by atoms with van der Waals surface area (Å²) in [6, 6.07) is 3.95. The quantitative estimate of drug-likeness (QED) is 0.837. The smallest absolute Gasteiger partial charge is 0.329 e. The summed E-state index contributed by atoms with van der Waals surface area (Å²) in [5.74, 6) is 0.499. The van der Waals surface area contributed by atoms with Crippen LogP contribution in [-0.2, 0) is 17.8 Å². The summed E-state index contributed by atoms with van der Waals surface area (Å²) in [4.78, 5) is 12.5. The molecule has 2 rings (SSSR count). The first kappa shape index (κ1) is 13.3. The van der Waals surface area contributed by atoms with Gasteiger partial charge in [0.2, 0.25) is 0 Å². The van der Waals surface area contributed by atoms with E-state index in [1.165, 1.54) is 5.56 Å². The van der Waals surface area contributed by atoms with E-state index in [9.17, 15) is 4.79 Å². The minimum absolute atomic E-state index is 0.680. The van der Waals surface area contributed by atoms with Crippen molar-refractivity contribution in [2.24, 2.45) is 0 Å². The normalized spacial score (nSPS) is 14.3. The molecule has 102 valence electrons. The van der Waals surface area contributed by atoms with Crippen molar-refractivity contribution in [3.8, 4) is 11.5 Å². The molecule has 1 aliphatic rings. The summed E-state index contributed by atoms with van der Waals surface area (Å²) in [5.41, 5.74) is 2.36. The Morgan fingerprint density at radius 2 is 1.89 bits per heavy atom. The third kappa shape index (κ3) is 2.99. The highest BCUT2D eigenvalue weighted by Gasteiger charge is 2.17. The summed E-state index contributed by atoms with van der Waals surface area (Å²) in [6.45, 7) is 1.48. The minimum Gasteiger partial charge on any atom is -0.493 e. The van der Waals surface area contributed by atoms with E-state index in [0.29, 0.717) is 12.3 Å². The van der Waals surface area contributed by atoms with Crippen molar-refractivity contribution in [3.05, 3.63) is 35.5 Å². The fourth-order valence-electron chi connectivity index (χ4n) is 2.20. The maximum atomic E-state index is 10.5. The van der Waals surface area contributed by atoms with Gasteiger partial charge in [0.1, 0.15) is 0 Å². The molecule has 0 unspecified atom stereocenters. The molecular formula is C14H17NO4. The molecule has 1 aromatic rings. The molecule has 0 amide bonds. The van der Waals surface area contributed by atoms with Crippen molar-refractivity contribution in [3.63, 3.8) is 0 Å². The van der Waals surface area contributed by atoms with Gasteiger partial charge in [-0.1, -0.05) is 0 Å². The molecule has 19 heavy (non-hydrogen) atoms. The van der Waals surface area contributed by atoms with Crippen molar-refractivity contribution in [1.82, 2.24) is 4.90 Å². The summed E-state index contributed by atoms with van der Waals surface area (Å²) in [5, 5.41) is 8.64. The number of methoxy groups -OCH3 is 2. The SMILES string of the molecule is COc1cc2c(cc1OC)CN(C=CC(=O)O)CC2. The maximum Gasteiger partial charge on any atom is 0.329 e. The Balaban J connectivity index is 2.22. The predicted octanol–water partition coefficient (Wildman–Crippen LogP) is 1.66. The molecule has 0 saturated heterocycles. The highest BCUT2D eigenvalue weighted by atomic mass is 16.5. The molecule has 0 aliphatic carbocycles. The fraction of sp³-hybridized carbons (Fsp3) is 0.357. The summed E-state index contributed by atoms with van der Waals surface area (Å²) < 4.78 is 10.6. The summed E-state index contributed by atoms with van der Waals surface area (Å²) >= 11 is 0. The molecule has 0 radical (unpaired) electrons. The zero-order valence-electron chi connectivity index (χ0n) is 11.0. The molecule has 5 heteroatoms. The van der Waals surface area contributed by atoms with E-state index in [0.717, 1.165) is 30.4 Å². The number of hydrogen-bond donors (Lipinski definition) is 1. The van der Waals surface area contributed by atoms with E-state index in [4.69, 9.17) is 14.6 Å². The third-order valence-corrected chi connectivity index (χ3v) is 3.18. The molecule has 1 aromatic carbocycles. The van der Waals surface area contributed by atoms with Crippen LogP contribution in [0.5, 0.6) is 11.5 Å². The van der Waals surface area contributed by atoms with Crippen LogP contribution in [0.1, 0.15) is 11.1 Å². The van der Waals surface area contributed by atoms with Crippen LogP contribution in [0.15, 0.2) is 24.4 Å². The summed E-state index contributed by atoms with van der Waals surface area (Å²) in [7, 11) is 3.23. The lowest BCUT2D eigenvalue weighted by Gasteiger charge is -2.28. The highest BCUT2D eigenvalue weighted by Crippen LogP contribution is 2.33. The van der Waals surface area contributed by atoms with Crippen molar-refractivity contribution in [2.45, 2.75) is 13.0 Å². The van der Waals surface area contributed by atoms with Crippen LogP contribution in [0.4, 0.5) is 0 Å². The number of benzene rings is 1. The second kappa shape index (κ2) is 5.65. The first-order valence-corrected chi connectivity index (χ1v) is 6.03. The predicted molar refractivity (Wildman–Crippen MR) is 70.4 cm³/mol. The molecule has 5 nitrogen and oxygen atoms in total. The average Bonchev–Trinajstić information content (AvgIpc) is 2.43. The van der Waals surface area contributed by atoms with E-state index >= 15 is 0 Å². The van der Waals surface area contributed by atoms with Gasteiger partial charge >= 0.3 is 5.97 Å². The number of carboxylic acids is 1. The molecule has 0 aromatic heterocycles. The highest BCUT2D eigenvalue weighted by molar-refractivity contribution is 5.79. The van der Waals surface area contributed by atoms with Gasteiger partial charge in [-0.05, 0) is 29.7 Å². The topological polar surface area (TPSA) is 59.0 Å². The van der Waals surface area contributed by atoms with Crippen LogP contribution in [0.25, 0.3) is 0 Å². The number of carboxylic acid groups (broad SMARTS) is 1. The van der Waals surface area contributed by atoms with E-state index in [1.54, 1.807) is 20.4 Å². The van der Waals surface area contributed by atoms with Crippen LogP contribution < -0.4 is 9.47 Å². The van der Waals surface area contributed by atoms with Gasteiger partial charge < -0.3 is 19.5 Å². The Kier molecular flexibility index (Phi) is 3.94. The lowest BCUT2D eigenvalue weighted by atomic mass is 9.99. The molecular weight excluding hydrogens is 246 g/mol. The van der Waals surface area contributed by atoms with Gasteiger partial charge in [-0.3, -0.25) is 0 Å². The van der Waals surface area contributed by atoms with Gasteiger partial charge in [0.05, 0.1) is 14.2 Å². The van der Waals surface area contributed by atoms with Crippen LogP contribution in [0.3, 0.4) is 0 Å². The third-order valence-electron chi connectivity index (χ3n) is 3.18. The first-order chi connectivity index (χ1) is 9.13. The number of rotatable bonds is 4. The van der Waals surface area contributed by atoms with E-state index in [1.807, 2.05) is 17.0 Å². The zero-order chi connectivity index (χ0) is 13.8. The van der Waals surface area contributed by atoms with Gasteiger partial charge in [-0.25, -0.2) is 4.79 Å².